The lowest BCUT2D eigenvalue weighted by Gasteiger charge is -2.24. The van der Waals surface area contributed by atoms with E-state index in [-0.39, 0.29) is 24.2 Å². The molecule has 0 fully saturated rings. The van der Waals surface area contributed by atoms with Gasteiger partial charge in [-0.05, 0) is 48.2 Å². The zero-order valence-electron chi connectivity index (χ0n) is 19.8. The summed E-state index contributed by atoms with van der Waals surface area (Å²) in [7, 11) is 0. The Balaban J connectivity index is 1.67. The van der Waals surface area contributed by atoms with Gasteiger partial charge in [-0.1, -0.05) is 61.9 Å². The molecular formula is C28H33N3O2. The maximum Gasteiger partial charge on any atom is 0.227 e. The van der Waals surface area contributed by atoms with Gasteiger partial charge in [0.2, 0.25) is 11.8 Å². The van der Waals surface area contributed by atoms with Gasteiger partial charge < -0.3 is 10.2 Å². The van der Waals surface area contributed by atoms with Gasteiger partial charge in [0.05, 0.1) is 13.0 Å². The smallest absolute Gasteiger partial charge is 0.227 e. The number of aryl methyl sites for hydroxylation is 1. The van der Waals surface area contributed by atoms with E-state index in [1.807, 2.05) is 61.2 Å². The summed E-state index contributed by atoms with van der Waals surface area (Å²) in [5.41, 5.74) is 4.93. The number of rotatable bonds is 10. The van der Waals surface area contributed by atoms with Crippen LogP contribution in [0.5, 0.6) is 0 Å². The zero-order valence-corrected chi connectivity index (χ0v) is 19.8. The molecule has 3 rings (SSSR count). The molecule has 0 aliphatic carbocycles. The second-order valence-corrected chi connectivity index (χ2v) is 8.83. The van der Waals surface area contributed by atoms with Crippen LogP contribution in [-0.4, -0.2) is 23.3 Å². The van der Waals surface area contributed by atoms with E-state index in [1.165, 1.54) is 5.56 Å². The molecule has 0 unspecified atom stereocenters. The third kappa shape index (κ3) is 7.86. The molecule has 5 nitrogen and oxygen atoms in total. The number of aromatic nitrogens is 1. The van der Waals surface area contributed by atoms with E-state index in [9.17, 15) is 9.59 Å². The number of nitrogens with one attached hydrogen (secondary N) is 1. The quantitative estimate of drug-likeness (QED) is 0.486. The van der Waals surface area contributed by atoms with Gasteiger partial charge >= 0.3 is 0 Å². The molecule has 5 heteroatoms. The largest absolute Gasteiger partial charge is 0.355 e. The topological polar surface area (TPSA) is 62.3 Å². The third-order valence-corrected chi connectivity index (χ3v) is 5.36. The van der Waals surface area contributed by atoms with E-state index >= 15 is 0 Å². The van der Waals surface area contributed by atoms with Gasteiger partial charge in [-0.3, -0.25) is 14.6 Å². The van der Waals surface area contributed by atoms with Gasteiger partial charge in [0, 0.05) is 37.0 Å². The van der Waals surface area contributed by atoms with Crippen LogP contribution in [0.15, 0.2) is 72.9 Å². The fourth-order valence-corrected chi connectivity index (χ4v) is 3.62. The minimum Gasteiger partial charge on any atom is -0.355 e. The van der Waals surface area contributed by atoms with Crippen LogP contribution in [0, 0.1) is 12.8 Å². The average Bonchev–Trinajstić information content (AvgIpc) is 2.79. The number of benzene rings is 2. The van der Waals surface area contributed by atoms with E-state index in [2.05, 4.69) is 41.5 Å². The first-order valence-corrected chi connectivity index (χ1v) is 11.5. The molecule has 2 amide bonds. The number of nitrogens with zero attached hydrogens (tertiary/aromatic N) is 2. The first kappa shape index (κ1) is 24.2. The Bertz CT molecular complexity index is 1050. The Labute approximate surface area is 196 Å². The van der Waals surface area contributed by atoms with Crippen LogP contribution in [0.3, 0.4) is 0 Å². The summed E-state index contributed by atoms with van der Waals surface area (Å²) in [5.74, 6) is 0.315. The first-order chi connectivity index (χ1) is 15.9. The van der Waals surface area contributed by atoms with Crippen LogP contribution in [0.25, 0.3) is 0 Å². The summed E-state index contributed by atoms with van der Waals surface area (Å²) in [6.07, 6.45) is 3.20. The van der Waals surface area contributed by atoms with Crippen LogP contribution in [-0.2, 0) is 29.0 Å². The van der Waals surface area contributed by atoms with Crippen molar-refractivity contribution in [2.45, 2.75) is 46.6 Å². The van der Waals surface area contributed by atoms with Crippen LogP contribution < -0.4 is 10.2 Å². The van der Waals surface area contributed by atoms with Crippen molar-refractivity contribution >= 4 is 17.5 Å². The van der Waals surface area contributed by atoms with Gasteiger partial charge in [0.1, 0.15) is 0 Å². The number of anilines is 1. The molecule has 3 aromatic rings. The van der Waals surface area contributed by atoms with Gasteiger partial charge in [-0.15, -0.1) is 0 Å². The molecule has 0 spiro atoms. The maximum absolute atomic E-state index is 13.1. The molecular weight excluding hydrogens is 410 g/mol. The van der Waals surface area contributed by atoms with Crippen molar-refractivity contribution in [1.82, 2.24) is 10.3 Å². The second-order valence-electron chi connectivity index (χ2n) is 8.83. The molecule has 0 aliphatic rings. The average molecular weight is 444 g/mol. The lowest BCUT2D eigenvalue weighted by Crippen LogP contribution is -2.31. The van der Waals surface area contributed by atoms with Gasteiger partial charge in [0.25, 0.3) is 0 Å². The van der Waals surface area contributed by atoms with Gasteiger partial charge in [-0.2, -0.15) is 0 Å². The van der Waals surface area contributed by atoms with E-state index in [0.29, 0.717) is 25.9 Å². The van der Waals surface area contributed by atoms with Crippen molar-refractivity contribution < 1.29 is 9.59 Å². The maximum atomic E-state index is 13.1. The lowest BCUT2D eigenvalue weighted by molar-refractivity contribution is -0.120. The molecule has 2 aromatic carbocycles. The molecule has 0 saturated heterocycles. The third-order valence-electron chi connectivity index (χ3n) is 5.36. The molecule has 0 bridgehead atoms. The number of hydrogen-bond donors (Lipinski definition) is 1. The summed E-state index contributed by atoms with van der Waals surface area (Å²) in [6, 6.07) is 21.7. The number of pyridine rings is 1. The number of carbonyl (C=O) groups is 2. The summed E-state index contributed by atoms with van der Waals surface area (Å²) in [4.78, 5) is 31.7. The highest BCUT2D eigenvalue weighted by molar-refractivity contribution is 5.93. The zero-order chi connectivity index (χ0) is 23.6. The lowest BCUT2D eigenvalue weighted by atomic mass is 10.1. The van der Waals surface area contributed by atoms with Crippen molar-refractivity contribution in [1.29, 1.82) is 0 Å². The fraction of sp³-hybridized carbons (Fsp3) is 0.321. The van der Waals surface area contributed by atoms with E-state index in [1.54, 1.807) is 6.20 Å². The Hall–Kier alpha value is -3.47. The van der Waals surface area contributed by atoms with E-state index < -0.39 is 0 Å². The molecule has 0 saturated carbocycles. The molecule has 172 valence electrons. The van der Waals surface area contributed by atoms with Gasteiger partial charge in [0.15, 0.2) is 0 Å². The SMILES string of the molecule is Cc1ccc(CN(C(=O)CC(C)C)c2cccc(CC(=O)NCCc3ccccn3)c2)cc1. The van der Waals surface area contributed by atoms with E-state index in [0.717, 1.165) is 22.5 Å². The molecule has 1 N–H and O–H groups in total. The Morgan fingerprint density at radius 3 is 2.45 bits per heavy atom. The predicted molar refractivity (Wildman–Crippen MR) is 133 cm³/mol. The number of hydrogen-bond acceptors (Lipinski definition) is 3. The Morgan fingerprint density at radius 2 is 1.76 bits per heavy atom. The van der Waals surface area contributed by atoms with Crippen molar-refractivity contribution in [3.05, 3.63) is 95.3 Å². The minimum atomic E-state index is -0.0401. The summed E-state index contributed by atoms with van der Waals surface area (Å²) < 4.78 is 0. The van der Waals surface area contributed by atoms with E-state index in [4.69, 9.17) is 0 Å². The highest BCUT2D eigenvalue weighted by Crippen LogP contribution is 2.22. The number of amides is 2. The van der Waals surface area contributed by atoms with Gasteiger partial charge in [-0.25, -0.2) is 0 Å². The van der Waals surface area contributed by atoms with Crippen molar-refractivity contribution in [2.24, 2.45) is 5.92 Å². The first-order valence-electron chi connectivity index (χ1n) is 11.5. The highest BCUT2D eigenvalue weighted by atomic mass is 16.2. The molecule has 0 aliphatic heterocycles. The monoisotopic (exact) mass is 443 g/mol. The van der Waals surface area contributed by atoms with Crippen molar-refractivity contribution in [2.75, 3.05) is 11.4 Å². The molecule has 1 aromatic heterocycles. The van der Waals surface area contributed by atoms with Crippen LogP contribution >= 0.6 is 0 Å². The molecule has 33 heavy (non-hydrogen) atoms. The Kier molecular flexibility index (Phi) is 8.76. The summed E-state index contributed by atoms with van der Waals surface area (Å²) in [6.45, 7) is 7.20. The van der Waals surface area contributed by atoms with Crippen molar-refractivity contribution in [3.8, 4) is 0 Å². The normalized spacial score (nSPS) is 10.8. The molecule has 0 atom stereocenters. The summed E-state index contributed by atoms with van der Waals surface area (Å²) >= 11 is 0. The molecule has 0 radical (unpaired) electrons. The van der Waals surface area contributed by atoms with Crippen LogP contribution in [0.2, 0.25) is 0 Å². The highest BCUT2D eigenvalue weighted by Gasteiger charge is 2.18. The standard InChI is InChI=1S/C28H33N3O2/c1-21(2)17-28(33)31(20-23-12-10-22(3)11-13-23)26-9-6-7-24(18-26)19-27(32)30-16-14-25-8-4-5-15-29-25/h4-13,15,18,21H,14,16-17,19-20H2,1-3H3,(H,30,32). The fourth-order valence-electron chi connectivity index (χ4n) is 3.62. The summed E-state index contributed by atoms with van der Waals surface area (Å²) in [5, 5.41) is 2.96. The predicted octanol–water partition coefficient (Wildman–Crippen LogP) is 4.87. The minimum absolute atomic E-state index is 0.0401. The van der Waals surface area contributed by atoms with Crippen LogP contribution in [0.1, 0.15) is 42.7 Å². The second kappa shape index (κ2) is 12.0. The Morgan fingerprint density at radius 1 is 0.970 bits per heavy atom. The molecule has 1 heterocycles. The van der Waals surface area contributed by atoms with Crippen molar-refractivity contribution in [3.63, 3.8) is 0 Å². The number of carbonyl (C=O) groups excluding carboxylic acids is 2. The van der Waals surface area contributed by atoms with Crippen LogP contribution in [0.4, 0.5) is 5.69 Å².